The minimum Gasteiger partial charge on any atom is -0.287 e. The Morgan fingerprint density at radius 3 is 2.43 bits per heavy atom. The molecule has 1 aliphatic rings. The third kappa shape index (κ3) is 5.37. The molecular weight excluding hydrogens is 522 g/mol. The van der Waals surface area contributed by atoms with Crippen LogP contribution in [-0.4, -0.2) is 22.0 Å². The highest BCUT2D eigenvalue weighted by molar-refractivity contribution is 14.1. The molecule has 30 heavy (non-hydrogen) atoms. The maximum absolute atomic E-state index is 13.0. The average Bonchev–Trinajstić information content (AvgIpc) is 2.72. The minimum absolute atomic E-state index is 0. The standard InChI is InChI=1S/C24H21F3IN.ClH/c25-24(26,27)22-7-3-6-20(15-22)21-11-13-29(23(28)16-21)12-10-17-8-9-18-4-1-2-5-19(18)14-17;/h1-9,11,14-15,23H,10,12-13,16H2;1H. The van der Waals surface area contributed by atoms with E-state index in [2.05, 4.69) is 70.0 Å². The van der Waals surface area contributed by atoms with Crippen molar-refractivity contribution >= 4 is 51.3 Å². The van der Waals surface area contributed by atoms with Crippen LogP contribution in [0.3, 0.4) is 0 Å². The molecule has 0 radical (unpaired) electrons. The van der Waals surface area contributed by atoms with E-state index in [-0.39, 0.29) is 16.5 Å². The van der Waals surface area contributed by atoms with Gasteiger partial charge in [0.05, 0.1) is 9.61 Å². The van der Waals surface area contributed by atoms with Crippen molar-refractivity contribution in [3.05, 3.63) is 89.5 Å². The zero-order valence-electron chi connectivity index (χ0n) is 16.2. The van der Waals surface area contributed by atoms with Gasteiger partial charge in [-0.25, -0.2) is 0 Å². The lowest BCUT2D eigenvalue weighted by Gasteiger charge is -2.32. The molecule has 3 aromatic carbocycles. The first-order chi connectivity index (χ1) is 13.9. The van der Waals surface area contributed by atoms with E-state index >= 15 is 0 Å². The van der Waals surface area contributed by atoms with Gasteiger partial charge in [-0.05, 0) is 52.4 Å². The minimum atomic E-state index is -4.30. The Balaban J connectivity index is 0.00000256. The van der Waals surface area contributed by atoms with E-state index in [9.17, 15) is 13.2 Å². The summed E-state index contributed by atoms with van der Waals surface area (Å²) in [5.74, 6) is 0. The molecule has 0 amide bonds. The first-order valence-electron chi connectivity index (χ1n) is 9.62. The topological polar surface area (TPSA) is 3.24 Å². The van der Waals surface area contributed by atoms with Crippen LogP contribution in [0.1, 0.15) is 23.1 Å². The second-order valence-corrected chi connectivity index (χ2v) is 8.81. The SMILES string of the molecule is Cl.FC(F)(F)c1cccc(C2=CCN(CCc3ccc4ccccc4c3)C(I)C2)c1. The Hall–Kier alpha value is -1.57. The molecule has 1 atom stereocenters. The van der Waals surface area contributed by atoms with E-state index < -0.39 is 11.7 Å². The third-order valence-corrected chi connectivity index (χ3v) is 6.65. The number of halogens is 5. The van der Waals surface area contributed by atoms with Gasteiger partial charge in [-0.15, -0.1) is 12.4 Å². The fraction of sp³-hybridized carbons (Fsp3) is 0.250. The molecule has 6 heteroatoms. The summed E-state index contributed by atoms with van der Waals surface area (Å²) in [5.41, 5.74) is 2.40. The predicted octanol–water partition coefficient (Wildman–Crippen LogP) is 7.37. The normalized spacial score (nSPS) is 17.5. The number of rotatable bonds is 4. The Morgan fingerprint density at radius 2 is 1.70 bits per heavy atom. The van der Waals surface area contributed by atoms with Crippen LogP contribution in [0.15, 0.2) is 72.8 Å². The maximum atomic E-state index is 13.0. The van der Waals surface area contributed by atoms with Crippen molar-refractivity contribution in [2.75, 3.05) is 13.1 Å². The van der Waals surface area contributed by atoms with Gasteiger partial charge in [0.25, 0.3) is 0 Å². The van der Waals surface area contributed by atoms with Crippen molar-refractivity contribution in [3.8, 4) is 0 Å². The summed E-state index contributed by atoms with van der Waals surface area (Å²) in [7, 11) is 0. The van der Waals surface area contributed by atoms with Gasteiger partial charge in [0.15, 0.2) is 0 Å². The van der Waals surface area contributed by atoms with Gasteiger partial charge >= 0.3 is 6.18 Å². The summed E-state index contributed by atoms with van der Waals surface area (Å²) >= 11 is 2.41. The Bertz CT molecular complexity index is 1050. The molecule has 0 N–H and O–H groups in total. The molecule has 0 bridgehead atoms. The van der Waals surface area contributed by atoms with Crippen LogP contribution < -0.4 is 0 Å². The predicted molar refractivity (Wildman–Crippen MR) is 128 cm³/mol. The smallest absolute Gasteiger partial charge is 0.287 e. The summed E-state index contributed by atoms with van der Waals surface area (Å²) in [6, 6.07) is 20.6. The van der Waals surface area contributed by atoms with Gasteiger partial charge < -0.3 is 0 Å². The molecular formula is C24H22ClF3IN. The average molecular weight is 544 g/mol. The van der Waals surface area contributed by atoms with E-state index in [4.69, 9.17) is 0 Å². The number of benzene rings is 3. The highest BCUT2D eigenvalue weighted by Crippen LogP contribution is 2.34. The lowest BCUT2D eigenvalue weighted by atomic mass is 9.97. The van der Waals surface area contributed by atoms with Crippen molar-refractivity contribution in [1.29, 1.82) is 0 Å². The van der Waals surface area contributed by atoms with E-state index in [1.807, 2.05) is 6.07 Å². The monoisotopic (exact) mass is 543 g/mol. The van der Waals surface area contributed by atoms with Crippen LogP contribution in [0, 0.1) is 0 Å². The first kappa shape index (κ1) is 23.1. The lowest BCUT2D eigenvalue weighted by molar-refractivity contribution is -0.137. The van der Waals surface area contributed by atoms with Crippen molar-refractivity contribution in [1.82, 2.24) is 4.90 Å². The summed E-state index contributed by atoms with van der Waals surface area (Å²) in [6.07, 6.45) is -0.525. The highest BCUT2D eigenvalue weighted by Gasteiger charge is 2.31. The molecule has 0 aromatic heterocycles. The maximum Gasteiger partial charge on any atom is 0.416 e. The van der Waals surface area contributed by atoms with Gasteiger partial charge in [0.2, 0.25) is 0 Å². The number of hydrogen-bond acceptors (Lipinski definition) is 1. The van der Waals surface area contributed by atoms with Gasteiger partial charge in [-0.3, -0.25) is 4.90 Å². The molecule has 4 rings (SSSR count). The van der Waals surface area contributed by atoms with Gasteiger partial charge in [0, 0.05) is 13.1 Å². The molecule has 1 nitrogen and oxygen atoms in total. The summed E-state index contributed by atoms with van der Waals surface area (Å²) in [6.45, 7) is 1.69. The third-order valence-electron chi connectivity index (χ3n) is 5.42. The first-order valence-corrected chi connectivity index (χ1v) is 10.9. The Labute approximate surface area is 194 Å². The molecule has 158 valence electrons. The molecule has 3 aromatic rings. The largest absolute Gasteiger partial charge is 0.416 e. The second kappa shape index (κ2) is 9.71. The van der Waals surface area contributed by atoms with Crippen molar-refractivity contribution in [3.63, 3.8) is 0 Å². The molecule has 0 saturated heterocycles. The molecule has 1 unspecified atom stereocenters. The van der Waals surface area contributed by atoms with E-state index in [0.717, 1.165) is 37.6 Å². The molecule has 0 spiro atoms. The summed E-state index contributed by atoms with van der Waals surface area (Å²) < 4.78 is 39.3. The highest BCUT2D eigenvalue weighted by atomic mass is 127. The number of alkyl halides is 4. The Kier molecular flexibility index (Phi) is 7.47. The summed E-state index contributed by atoms with van der Waals surface area (Å²) in [5, 5.41) is 2.50. The summed E-state index contributed by atoms with van der Waals surface area (Å²) in [4.78, 5) is 2.38. The fourth-order valence-corrected chi connectivity index (χ4v) is 4.75. The van der Waals surface area contributed by atoms with Gasteiger partial charge in [0.1, 0.15) is 0 Å². The van der Waals surface area contributed by atoms with Crippen molar-refractivity contribution < 1.29 is 13.2 Å². The van der Waals surface area contributed by atoms with Crippen LogP contribution in [-0.2, 0) is 12.6 Å². The van der Waals surface area contributed by atoms with Gasteiger partial charge in [-0.2, -0.15) is 13.2 Å². The van der Waals surface area contributed by atoms with Crippen LogP contribution in [0.2, 0.25) is 0 Å². The van der Waals surface area contributed by atoms with E-state index in [1.54, 1.807) is 6.07 Å². The Morgan fingerprint density at radius 1 is 0.933 bits per heavy atom. The second-order valence-electron chi connectivity index (χ2n) is 7.37. The van der Waals surface area contributed by atoms with Gasteiger partial charge in [-0.1, -0.05) is 83.3 Å². The molecule has 0 fully saturated rings. The number of hydrogen-bond donors (Lipinski definition) is 0. The van der Waals surface area contributed by atoms with Crippen LogP contribution in [0.5, 0.6) is 0 Å². The van der Waals surface area contributed by atoms with Crippen LogP contribution in [0.4, 0.5) is 13.2 Å². The quantitative estimate of drug-likeness (QED) is 0.189. The van der Waals surface area contributed by atoms with E-state index in [1.165, 1.54) is 28.5 Å². The lowest BCUT2D eigenvalue weighted by Crippen LogP contribution is -2.36. The van der Waals surface area contributed by atoms with Crippen LogP contribution >= 0.6 is 35.0 Å². The molecule has 0 saturated carbocycles. The fourth-order valence-electron chi connectivity index (χ4n) is 3.77. The number of nitrogens with zero attached hydrogens (tertiary/aromatic N) is 1. The van der Waals surface area contributed by atoms with Crippen molar-refractivity contribution in [2.24, 2.45) is 0 Å². The van der Waals surface area contributed by atoms with E-state index in [0.29, 0.717) is 5.56 Å². The molecule has 0 aliphatic carbocycles. The zero-order valence-corrected chi connectivity index (χ0v) is 19.2. The van der Waals surface area contributed by atoms with Crippen molar-refractivity contribution in [2.45, 2.75) is 23.1 Å². The number of fused-ring (bicyclic) bond motifs is 1. The molecule has 1 aliphatic heterocycles. The molecule has 1 heterocycles. The zero-order chi connectivity index (χ0) is 20.4. The van der Waals surface area contributed by atoms with Crippen LogP contribution in [0.25, 0.3) is 16.3 Å².